The van der Waals surface area contributed by atoms with E-state index in [1.54, 1.807) is 18.5 Å². The van der Waals surface area contributed by atoms with Gasteiger partial charge in [0.25, 0.3) is 0 Å². The monoisotopic (exact) mass is 254 g/mol. The quantitative estimate of drug-likeness (QED) is 0.786. The summed E-state index contributed by atoms with van der Waals surface area (Å²) in [7, 11) is 0. The summed E-state index contributed by atoms with van der Waals surface area (Å²) in [5, 5.41) is -0.576. The highest BCUT2D eigenvalue weighted by molar-refractivity contribution is 6.20. The highest BCUT2D eigenvalue weighted by Crippen LogP contribution is 2.23. The number of nitrogens with zero attached hydrogens (tertiary/aromatic N) is 2. The fourth-order valence-corrected chi connectivity index (χ4v) is 1.74. The zero-order chi connectivity index (χ0) is 12.3. The van der Waals surface area contributed by atoms with E-state index in [0.717, 1.165) is 6.07 Å². The lowest BCUT2D eigenvalue weighted by atomic mass is 10.1. The van der Waals surface area contributed by atoms with Crippen LogP contribution in [0.25, 0.3) is 0 Å². The summed E-state index contributed by atoms with van der Waals surface area (Å²) >= 11 is 6.05. The molecule has 88 valence electrons. The van der Waals surface area contributed by atoms with Gasteiger partial charge in [-0.3, -0.25) is 0 Å². The first kappa shape index (κ1) is 11.9. The van der Waals surface area contributed by atoms with Crippen molar-refractivity contribution in [3.05, 3.63) is 59.7 Å². The molecule has 2 aromatic rings. The molecule has 1 aromatic heterocycles. The summed E-state index contributed by atoms with van der Waals surface area (Å²) in [6, 6.07) is 5.68. The summed E-state index contributed by atoms with van der Waals surface area (Å²) in [6.07, 6.45) is 3.26. The molecule has 2 rings (SSSR count). The molecule has 17 heavy (non-hydrogen) atoms. The second-order valence-corrected chi connectivity index (χ2v) is 4.02. The lowest BCUT2D eigenvalue weighted by Crippen LogP contribution is -2.03. The molecule has 0 amide bonds. The van der Waals surface area contributed by atoms with Crippen molar-refractivity contribution in [1.82, 2.24) is 9.97 Å². The molecule has 0 aliphatic rings. The summed E-state index contributed by atoms with van der Waals surface area (Å²) in [4.78, 5) is 7.94. The van der Waals surface area contributed by atoms with Crippen LogP contribution in [0.1, 0.15) is 16.8 Å². The molecule has 0 N–H and O–H groups in total. The molecule has 0 aliphatic heterocycles. The third-order valence-electron chi connectivity index (χ3n) is 2.30. The average Bonchev–Trinajstić information content (AvgIpc) is 2.36. The van der Waals surface area contributed by atoms with E-state index in [0.29, 0.717) is 5.82 Å². The van der Waals surface area contributed by atoms with Gasteiger partial charge in [0.2, 0.25) is 0 Å². The summed E-state index contributed by atoms with van der Waals surface area (Å²) in [5.74, 6) is -1.34. The Morgan fingerprint density at radius 3 is 2.53 bits per heavy atom. The van der Waals surface area contributed by atoms with Gasteiger partial charge >= 0.3 is 0 Å². The molecule has 0 saturated heterocycles. The summed E-state index contributed by atoms with van der Waals surface area (Å²) < 4.78 is 26.4. The van der Waals surface area contributed by atoms with Gasteiger partial charge in [0.05, 0.1) is 5.38 Å². The Kier molecular flexibility index (Phi) is 3.64. The van der Waals surface area contributed by atoms with E-state index in [4.69, 9.17) is 11.6 Å². The van der Waals surface area contributed by atoms with E-state index in [1.165, 1.54) is 12.1 Å². The third kappa shape index (κ3) is 2.77. The van der Waals surface area contributed by atoms with Crippen LogP contribution in [0.2, 0.25) is 0 Å². The molecule has 0 radical (unpaired) electrons. The van der Waals surface area contributed by atoms with Gasteiger partial charge in [0.1, 0.15) is 5.82 Å². The van der Waals surface area contributed by atoms with E-state index < -0.39 is 17.0 Å². The Balaban J connectivity index is 2.19. The number of halogens is 3. The van der Waals surface area contributed by atoms with Crippen LogP contribution in [0.5, 0.6) is 0 Å². The third-order valence-corrected chi connectivity index (χ3v) is 2.65. The maximum Gasteiger partial charge on any atom is 0.162 e. The van der Waals surface area contributed by atoms with Crippen LogP contribution in [-0.2, 0) is 6.42 Å². The van der Waals surface area contributed by atoms with Crippen molar-refractivity contribution in [2.75, 3.05) is 0 Å². The number of hydrogen-bond donors (Lipinski definition) is 0. The molecule has 0 fully saturated rings. The Hall–Kier alpha value is -1.55. The van der Waals surface area contributed by atoms with Crippen molar-refractivity contribution in [3.8, 4) is 0 Å². The smallest absolute Gasteiger partial charge is 0.162 e. The molecule has 5 heteroatoms. The zero-order valence-electron chi connectivity index (χ0n) is 8.78. The van der Waals surface area contributed by atoms with Crippen LogP contribution >= 0.6 is 11.6 Å². The largest absolute Gasteiger partial charge is 0.240 e. The van der Waals surface area contributed by atoms with E-state index in [-0.39, 0.29) is 12.0 Å². The van der Waals surface area contributed by atoms with Gasteiger partial charge in [-0.1, -0.05) is 12.1 Å². The van der Waals surface area contributed by atoms with E-state index in [9.17, 15) is 8.78 Å². The SMILES string of the molecule is Fc1cccc(CC(Cl)c2ncccn2)c1F. The predicted octanol–water partition coefficient (Wildman–Crippen LogP) is 3.28. The van der Waals surface area contributed by atoms with Gasteiger partial charge in [-0.05, 0) is 24.1 Å². The molecule has 0 spiro atoms. The van der Waals surface area contributed by atoms with Gasteiger partial charge in [0.15, 0.2) is 11.6 Å². The Bertz CT molecular complexity index is 505. The molecule has 1 unspecified atom stereocenters. The van der Waals surface area contributed by atoms with Crippen molar-refractivity contribution in [2.24, 2.45) is 0 Å². The van der Waals surface area contributed by atoms with Gasteiger partial charge in [0, 0.05) is 12.4 Å². The highest BCUT2D eigenvalue weighted by Gasteiger charge is 2.15. The zero-order valence-corrected chi connectivity index (χ0v) is 9.53. The fourth-order valence-electron chi connectivity index (χ4n) is 1.46. The van der Waals surface area contributed by atoms with Crippen LogP contribution in [0.3, 0.4) is 0 Å². The standard InChI is InChI=1S/C12H9ClF2N2/c13-9(12-16-5-2-6-17-12)7-8-3-1-4-10(14)11(8)15/h1-6,9H,7H2. The maximum absolute atomic E-state index is 13.4. The second kappa shape index (κ2) is 5.19. The molecular formula is C12H9ClF2N2. The summed E-state index contributed by atoms with van der Waals surface area (Å²) in [6.45, 7) is 0. The Morgan fingerprint density at radius 1 is 1.12 bits per heavy atom. The molecule has 0 aliphatic carbocycles. The summed E-state index contributed by atoms with van der Waals surface area (Å²) in [5.41, 5.74) is 0.220. The molecule has 1 aromatic carbocycles. The van der Waals surface area contributed by atoms with Crippen molar-refractivity contribution in [1.29, 1.82) is 0 Å². The van der Waals surface area contributed by atoms with Gasteiger partial charge in [-0.2, -0.15) is 0 Å². The number of hydrogen-bond acceptors (Lipinski definition) is 2. The Morgan fingerprint density at radius 2 is 1.82 bits per heavy atom. The number of aromatic nitrogens is 2. The minimum absolute atomic E-state index is 0.148. The van der Waals surface area contributed by atoms with Gasteiger partial charge in [-0.15, -0.1) is 11.6 Å². The van der Waals surface area contributed by atoms with Crippen molar-refractivity contribution < 1.29 is 8.78 Å². The van der Waals surface area contributed by atoms with Gasteiger partial charge in [-0.25, -0.2) is 18.7 Å². The van der Waals surface area contributed by atoms with Crippen LogP contribution in [-0.4, -0.2) is 9.97 Å². The number of alkyl halides is 1. The minimum atomic E-state index is -0.875. The molecular weight excluding hydrogens is 246 g/mol. The normalized spacial score (nSPS) is 12.4. The van der Waals surface area contributed by atoms with E-state index in [2.05, 4.69) is 9.97 Å². The first-order valence-electron chi connectivity index (χ1n) is 5.02. The van der Waals surface area contributed by atoms with Crippen LogP contribution in [0.15, 0.2) is 36.7 Å². The van der Waals surface area contributed by atoms with Gasteiger partial charge < -0.3 is 0 Å². The molecule has 0 bridgehead atoms. The van der Waals surface area contributed by atoms with E-state index >= 15 is 0 Å². The van der Waals surface area contributed by atoms with Crippen molar-refractivity contribution in [2.45, 2.75) is 11.8 Å². The molecule has 0 saturated carbocycles. The molecule has 1 atom stereocenters. The van der Waals surface area contributed by atoms with Crippen molar-refractivity contribution in [3.63, 3.8) is 0 Å². The molecule has 1 heterocycles. The van der Waals surface area contributed by atoms with Crippen LogP contribution in [0, 0.1) is 11.6 Å². The predicted molar refractivity (Wildman–Crippen MR) is 60.7 cm³/mol. The van der Waals surface area contributed by atoms with Crippen LogP contribution < -0.4 is 0 Å². The molecule has 2 nitrogen and oxygen atoms in total. The minimum Gasteiger partial charge on any atom is -0.240 e. The highest BCUT2D eigenvalue weighted by atomic mass is 35.5. The lowest BCUT2D eigenvalue weighted by Gasteiger charge is -2.08. The van der Waals surface area contributed by atoms with E-state index in [1.807, 2.05) is 0 Å². The Labute approximate surface area is 102 Å². The average molecular weight is 255 g/mol. The van der Waals surface area contributed by atoms with Crippen LogP contribution in [0.4, 0.5) is 8.78 Å². The first-order chi connectivity index (χ1) is 8.18. The first-order valence-corrected chi connectivity index (χ1v) is 5.46. The van der Waals surface area contributed by atoms with Crippen molar-refractivity contribution >= 4 is 11.6 Å². The lowest BCUT2D eigenvalue weighted by molar-refractivity contribution is 0.497. The fraction of sp³-hybridized carbons (Fsp3) is 0.167. The second-order valence-electron chi connectivity index (χ2n) is 3.49. The maximum atomic E-state index is 13.4. The number of benzene rings is 1. The topological polar surface area (TPSA) is 25.8 Å². The number of rotatable bonds is 3.